The third kappa shape index (κ3) is 6.75. The Bertz CT molecular complexity index is 2370. The van der Waals surface area contributed by atoms with Crippen molar-refractivity contribution >= 4 is 45.6 Å². The Balaban J connectivity index is 0.000000200. The maximum atomic E-state index is 13.3. The minimum atomic E-state index is -1.97. The molecule has 2 aliphatic heterocycles. The monoisotopic (exact) mass is 780 g/mol. The number of rotatable bonds is 6. The van der Waals surface area contributed by atoms with E-state index in [0.29, 0.717) is 35.3 Å². The first-order valence-electron chi connectivity index (χ1n) is 18.5. The fraction of sp³-hybridized carbons (Fsp3) is 0.357. The van der Waals surface area contributed by atoms with Gasteiger partial charge in [-0.3, -0.25) is 28.9 Å². The molecule has 4 aromatic rings. The van der Waals surface area contributed by atoms with Crippen molar-refractivity contribution < 1.29 is 53.9 Å². The summed E-state index contributed by atoms with van der Waals surface area (Å²) in [6.45, 7) is 3.80. The summed E-state index contributed by atoms with van der Waals surface area (Å²) < 4.78 is 11.8. The maximum absolute atomic E-state index is 13.3. The molecule has 0 spiro atoms. The number of imide groups is 1. The minimum Gasteiger partial charge on any atom is -0.507 e. The van der Waals surface area contributed by atoms with Crippen molar-refractivity contribution in [2.45, 2.75) is 69.4 Å². The van der Waals surface area contributed by atoms with Gasteiger partial charge in [-0.25, -0.2) is 0 Å². The summed E-state index contributed by atoms with van der Waals surface area (Å²) in [5.41, 5.74) is 10.9. The number of fused-ring (bicyclic) bond motifs is 3. The van der Waals surface area contributed by atoms with Gasteiger partial charge in [-0.1, -0.05) is 36.4 Å². The summed E-state index contributed by atoms with van der Waals surface area (Å²) in [6.07, 6.45) is -4.38. The second-order valence-corrected chi connectivity index (χ2v) is 15.3. The molecule has 0 radical (unpaired) electrons. The molecule has 6 atom stereocenters. The number of nitrogen functional groups attached to an aromatic ring is 1. The van der Waals surface area contributed by atoms with Crippen molar-refractivity contribution in [3.63, 3.8) is 0 Å². The number of aliphatic hydroxyl groups is 2. The third-order valence-corrected chi connectivity index (χ3v) is 11.2. The summed E-state index contributed by atoms with van der Waals surface area (Å²) in [7, 11) is 3.82. The molecule has 8 N–H and O–H groups in total. The molecule has 0 unspecified atom stereocenters. The lowest BCUT2D eigenvalue weighted by molar-refractivity contribution is -0.247. The molecule has 15 heteroatoms. The Morgan fingerprint density at radius 1 is 0.947 bits per heavy atom. The van der Waals surface area contributed by atoms with Crippen LogP contribution in [0.5, 0.6) is 11.5 Å². The fourth-order valence-corrected chi connectivity index (χ4v) is 8.11. The van der Waals surface area contributed by atoms with Gasteiger partial charge in [-0.2, -0.15) is 0 Å². The Morgan fingerprint density at radius 3 is 2.18 bits per heavy atom. The van der Waals surface area contributed by atoms with Gasteiger partial charge in [-0.15, -0.1) is 0 Å². The number of amides is 2. The summed E-state index contributed by atoms with van der Waals surface area (Å²) >= 11 is 0. The van der Waals surface area contributed by atoms with Crippen LogP contribution in [0.4, 0.5) is 5.69 Å². The van der Waals surface area contributed by atoms with E-state index >= 15 is 0 Å². The molecule has 57 heavy (non-hydrogen) atoms. The van der Waals surface area contributed by atoms with Crippen LogP contribution in [-0.2, 0) is 20.7 Å². The van der Waals surface area contributed by atoms with E-state index in [1.807, 2.05) is 31.1 Å². The van der Waals surface area contributed by atoms with Crippen LogP contribution < -0.4 is 11.5 Å². The Hall–Kier alpha value is -5.55. The van der Waals surface area contributed by atoms with Crippen LogP contribution in [0.2, 0.25) is 0 Å². The van der Waals surface area contributed by atoms with Gasteiger partial charge in [0.1, 0.15) is 17.1 Å². The molecular weight excluding hydrogens is 736 g/mol. The number of phenolic OH excluding ortho intramolecular Hbond substituents is 2. The highest BCUT2D eigenvalue weighted by Crippen LogP contribution is 2.52. The molecule has 298 valence electrons. The molecule has 0 saturated carbocycles. The summed E-state index contributed by atoms with van der Waals surface area (Å²) in [5, 5.41) is 45.4. The summed E-state index contributed by atoms with van der Waals surface area (Å²) in [4.78, 5) is 67.4. The number of carbonyl (C=O) groups is 5. The number of phenols is 2. The van der Waals surface area contributed by atoms with Crippen LogP contribution in [0, 0.1) is 0 Å². The number of aliphatic hydroxyl groups excluding tert-OH is 1. The van der Waals surface area contributed by atoms with Gasteiger partial charge in [0.2, 0.25) is 0 Å². The number of nitrogens with zero attached hydrogens (tertiary/aromatic N) is 2. The molecule has 15 nitrogen and oxygen atoms in total. The largest absolute Gasteiger partial charge is 0.507 e. The Kier molecular flexibility index (Phi) is 10.3. The second-order valence-electron chi connectivity index (χ2n) is 15.3. The standard InChI is InChI=1S/C26H27NO9.C16H17N3O2/c1-10-21(29)15(27)7-17(35-10)36-16-9-26(34,11(2)28)8-14-18(16)25(33)20-19(24(14)32)22(30)12-5-3-4-6-13(12)23(20)31;1-18(2)6-7-19-15(20)12-5-3-4-10-8-11(17)9-13(14(10)12)16(19)21/h3-6,10,15-17,21,29,32-34H,7-9,27H2,1-2H3;3-5,8-9H,6-7,17H2,1-2H3/t10-,15-,16-,17-,21+,26-;/m0./s1. The molecular formula is C42H44N4O11. The number of ketones is 3. The highest BCUT2D eigenvalue weighted by atomic mass is 16.7. The van der Waals surface area contributed by atoms with Gasteiger partial charge in [-0.05, 0) is 51.5 Å². The average molecular weight is 781 g/mol. The van der Waals surface area contributed by atoms with Gasteiger partial charge >= 0.3 is 0 Å². The van der Waals surface area contributed by atoms with Crippen molar-refractivity contribution in [1.82, 2.24) is 9.80 Å². The average Bonchev–Trinajstić information content (AvgIpc) is 3.16. The lowest BCUT2D eigenvalue weighted by Crippen LogP contribution is -2.52. The normalized spacial score (nSPS) is 25.1. The van der Waals surface area contributed by atoms with E-state index in [9.17, 15) is 44.4 Å². The quantitative estimate of drug-likeness (QED) is 0.0825. The minimum absolute atomic E-state index is 0.00588. The van der Waals surface area contributed by atoms with E-state index in [2.05, 4.69) is 0 Å². The predicted octanol–water partition coefficient (Wildman–Crippen LogP) is 2.60. The molecule has 0 aromatic heterocycles. The van der Waals surface area contributed by atoms with Crippen LogP contribution in [0.1, 0.15) is 96.5 Å². The van der Waals surface area contributed by atoms with Crippen molar-refractivity contribution in [2.75, 3.05) is 32.9 Å². The van der Waals surface area contributed by atoms with Gasteiger partial charge in [0.15, 0.2) is 23.6 Å². The summed E-state index contributed by atoms with van der Waals surface area (Å²) in [6, 6.07) is 14.3. The molecule has 2 amide bonds. The van der Waals surface area contributed by atoms with Crippen LogP contribution in [-0.4, -0.2) is 117 Å². The van der Waals surface area contributed by atoms with Crippen LogP contribution in [0.25, 0.3) is 10.8 Å². The van der Waals surface area contributed by atoms with E-state index in [-0.39, 0.29) is 58.0 Å². The maximum Gasteiger partial charge on any atom is 0.261 e. The van der Waals surface area contributed by atoms with E-state index in [1.54, 1.807) is 37.3 Å². The van der Waals surface area contributed by atoms with Gasteiger partial charge in [0.25, 0.3) is 11.8 Å². The number of anilines is 1. The molecule has 8 rings (SSSR count). The first-order valence-corrected chi connectivity index (χ1v) is 18.5. The molecule has 4 aromatic carbocycles. The van der Waals surface area contributed by atoms with E-state index in [0.717, 1.165) is 5.39 Å². The predicted molar refractivity (Wildman–Crippen MR) is 206 cm³/mol. The summed E-state index contributed by atoms with van der Waals surface area (Å²) in [5.74, 6) is -3.55. The smallest absolute Gasteiger partial charge is 0.261 e. The van der Waals surface area contributed by atoms with Crippen molar-refractivity contribution in [3.8, 4) is 11.5 Å². The van der Waals surface area contributed by atoms with Crippen molar-refractivity contribution in [3.05, 3.63) is 99.1 Å². The highest BCUT2D eigenvalue weighted by molar-refractivity contribution is 6.30. The molecule has 2 aliphatic carbocycles. The number of likely N-dealkylation sites (N-methyl/N-ethyl adjacent to an activating group) is 1. The number of carbonyl (C=O) groups excluding carboxylic acids is 5. The van der Waals surface area contributed by atoms with E-state index in [1.165, 1.54) is 24.0 Å². The van der Waals surface area contributed by atoms with Crippen LogP contribution in [0.3, 0.4) is 0 Å². The zero-order valence-corrected chi connectivity index (χ0v) is 31.8. The van der Waals surface area contributed by atoms with Gasteiger partial charge in [0, 0.05) is 77.3 Å². The SMILES string of the molecule is CC(=O)[C@]1(O)Cc2c(O)c3c(c(O)c2[C@@H](O[C@H]2C[C@H](N)[C@H](O)[C@H](C)O2)C1)C(=O)c1ccccc1C3=O.CN(C)CCN1C(=O)c2cccc3cc(N)cc(c23)C1=O. The molecule has 1 saturated heterocycles. The number of aromatic hydroxyl groups is 2. The van der Waals surface area contributed by atoms with Crippen LogP contribution >= 0.6 is 0 Å². The number of hydrogen-bond donors (Lipinski definition) is 6. The zero-order valence-electron chi connectivity index (χ0n) is 31.8. The van der Waals surface area contributed by atoms with E-state index < -0.39 is 71.5 Å². The number of ether oxygens (including phenoxy) is 2. The zero-order chi connectivity index (χ0) is 41.2. The van der Waals surface area contributed by atoms with Gasteiger partial charge < -0.3 is 46.3 Å². The molecule has 0 bridgehead atoms. The molecule has 1 fully saturated rings. The van der Waals surface area contributed by atoms with Crippen LogP contribution in [0.15, 0.2) is 54.6 Å². The second kappa shape index (κ2) is 14.8. The van der Waals surface area contributed by atoms with Crippen molar-refractivity contribution in [2.24, 2.45) is 5.73 Å². The fourth-order valence-electron chi connectivity index (χ4n) is 8.11. The lowest BCUT2D eigenvalue weighted by Gasteiger charge is -2.42. The molecule has 2 heterocycles. The number of hydrogen-bond acceptors (Lipinski definition) is 14. The molecule has 4 aliphatic rings. The van der Waals surface area contributed by atoms with Gasteiger partial charge in [0.05, 0.1) is 35.0 Å². The first-order chi connectivity index (χ1) is 26.9. The highest BCUT2D eigenvalue weighted by Gasteiger charge is 2.49. The lowest BCUT2D eigenvalue weighted by atomic mass is 9.72. The van der Waals surface area contributed by atoms with E-state index in [4.69, 9.17) is 20.9 Å². The van der Waals surface area contributed by atoms with Crippen molar-refractivity contribution in [1.29, 1.82) is 0 Å². The number of nitrogens with two attached hydrogens (primary N) is 2. The Morgan fingerprint density at radius 2 is 1.56 bits per heavy atom. The topological polar surface area (TPSA) is 243 Å². The Labute approximate surface area is 327 Å². The number of Topliss-reactive ketones (excluding diaryl/α,β-unsaturated/α-hetero) is 1. The third-order valence-electron chi connectivity index (χ3n) is 11.2. The number of benzene rings is 4. The first kappa shape index (κ1) is 39.7.